The predicted molar refractivity (Wildman–Crippen MR) is 95.8 cm³/mol. The number of aromatic nitrogens is 2. The van der Waals surface area contributed by atoms with Crippen LogP contribution in [0.1, 0.15) is 15.9 Å². The van der Waals surface area contributed by atoms with Crippen LogP contribution in [0.15, 0.2) is 60.1 Å². The highest BCUT2D eigenvalue weighted by molar-refractivity contribution is 6.31. The molecule has 11 heteroatoms. The Labute approximate surface area is 165 Å². The van der Waals surface area contributed by atoms with Crippen LogP contribution in [-0.2, 0) is 6.18 Å². The van der Waals surface area contributed by atoms with Crippen molar-refractivity contribution in [2.24, 2.45) is 4.99 Å². The van der Waals surface area contributed by atoms with Crippen LogP contribution >= 0.6 is 11.6 Å². The molecule has 1 amide bonds. The summed E-state index contributed by atoms with van der Waals surface area (Å²) >= 11 is 5.59. The molecule has 0 aliphatic carbocycles. The zero-order valence-corrected chi connectivity index (χ0v) is 15.0. The molecule has 150 valence electrons. The summed E-state index contributed by atoms with van der Waals surface area (Å²) in [6, 6.07) is 5.78. The van der Waals surface area contributed by atoms with Gasteiger partial charge < -0.3 is 5.32 Å². The Balaban J connectivity index is 2.02. The minimum absolute atomic E-state index is 0.115. The molecule has 0 bridgehead atoms. The first kappa shape index (κ1) is 20.5. The van der Waals surface area contributed by atoms with E-state index >= 15 is 0 Å². The molecule has 5 nitrogen and oxygen atoms in total. The van der Waals surface area contributed by atoms with E-state index < -0.39 is 39.9 Å². The Morgan fingerprint density at radius 3 is 2.41 bits per heavy atom. The molecular formula is C18H10ClF5N4O. The smallest absolute Gasteiger partial charge is 0.325 e. The summed E-state index contributed by atoms with van der Waals surface area (Å²) in [5, 5.41) is 1.99. The minimum atomic E-state index is -4.72. The highest BCUT2D eigenvalue weighted by atomic mass is 35.5. The number of benzene rings is 2. The van der Waals surface area contributed by atoms with E-state index in [1.165, 1.54) is 24.8 Å². The normalized spacial score (nSPS) is 12.1. The van der Waals surface area contributed by atoms with Crippen molar-refractivity contribution >= 4 is 29.2 Å². The van der Waals surface area contributed by atoms with Crippen molar-refractivity contribution in [1.82, 2.24) is 9.55 Å². The first-order valence-electron chi connectivity index (χ1n) is 7.86. The van der Waals surface area contributed by atoms with Crippen molar-refractivity contribution in [1.29, 1.82) is 0 Å². The Morgan fingerprint density at radius 2 is 1.83 bits per heavy atom. The third-order valence-corrected chi connectivity index (χ3v) is 3.99. The summed E-state index contributed by atoms with van der Waals surface area (Å²) in [6.07, 6.45) is -0.879. The van der Waals surface area contributed by atoms with Crippen molar-refractivity contribution in [3.05, 3.63) is 82.9 Å². The fourth-order valence-corrected chi connectivity index (χ4v) is 2.56. The molecular weight excluding hydrogens is 419 g/mol. The number of hydrogen-bond donors (Lipinski definition) is 1. The third-order valence-electron chi connectivity index (χ3n) is 3.66. The average Bonchev–Trinajstić information content (AvgIpc) is 3.16. The van der Waals surface area contributed by atoms with Gasteiger partial charge >= 0.3 is 6.18 Å². The number of hydrogen-bond acceptors (Lipinski definition) is 2. The number of halogens is 6. The molecule has 29 heavy (non-hydrogen) atoms. The molecule has 1 heterocycles. The minimum Gasteiger partial charge on any atom is -0.325 e. The van der Waals surface area contributed by atoms with Gasteiger partial charge in [-0.1, -0.05) is 17.7 Å². The van der Waals surface area contributed by atoms with Crippen LogP contribution in [0.25, 0.3) is 0 Å². The number of nitrogens with one attached hydrogen (secondary N) is 1. The number of anilines is 1. The zero-order chi connectivity index (χ0) is 21.2. The van der Waals surface area contributed by atoms with Crippen LogP contribution in [0.2, 0.25) is 5.02 Å². The molecule has 0 radical (unpaired) electrons. The van der Waals surface area contributed by atoms with Crippen molar-refractivity contribution in [3.8, 4) is 0 Å². The van der Waals surface area contributed by atoms with Crippen molar-refractivity contribution in [2.45, 2.75) is 6.18 Å². The van der Waals surface area contributed by atoms with E-state index in [0.29, 0.717) is 6.07 Å². The summed E-state index contributed by atoms with van der Waals surface area (Å²) in [6.45, 7) is 0. The number of alkyl halides is 3. The fraction of sp³-hybridized carbons (Fsp3) is 0.0556. The molecule has 0 unspecified atom stereocenters. The Bertz CT molecular complexity index is 1060. The maximum atomic E-state index is 13.8. The average molecular weight is 429 g/mol. The van der Waals surface area contributed by atoms with Gasteiger partial charge in [0.05, 0.1) is 10.6 Å². The lowest BCUT2D eigenvalue weighted by atomic mass is 10.2. The number of aliphatic imine (C=N–C) groups is 1. The zero-order valence-electron chi connectivity index (χ0n) is 14.2. The molecule has 3 rings (SSSR count). The SMILES string of the molecule is O=C(/N=C(/Nc1ccc(Cl)c(C(F)(F)F)c1)n1ccnc1)c1c(F)cccc1F. The Morgan fingerprint density at radius 1 is 1.14 bits per heavy atom. The number of rotatable bonds is 2. The van der Waals surface area contributed by atoms with E-state index in [2.05, 4.69) is 15.3 Å². The topological polar surface area (TPSA) is 59.3 Å². The summed E-state index contributed by atoms with van der Waals surface area (Å²) in [4.78, 5) is 19.7. The van der Waals surface area contributed by atoms with Crippen molar-refractivity contribution in [2.75, 3.05) is 5.32 Å². The second-order valence-electron chi connectivity index (χ2n) is 5.62. The highest BCUT2D eigenvalue weighted by Crippen LogP contribution is 2.36. The molecule has 3 aromatic rings. The predicted octanol–water partition coefficient (Wildman–Crippen LogP) is 4.99. The monoisotopic (exact) mass is 428 g/mol. The lowest BCUT2D eigenvalue weighted by molar-refractivity contribution is -0.137. The quantitative estimate of drug-likeness (QED) is 0.355. The van der Waals surface area contributed by atoms with Gasteiger partial charge in [-0.25, -0.2) is 13.8 Å². The van der Waals surface area contributed by atoms with Crippen LogP contribution in [0.3, 0.4) is 0 Å². The molecule has 0 fully saturated rings. The van der Waals surface area contributed by atoms with Gasteiger partial charge in [-0.15, -0.1) is 0 Å². The summed E-state index contributed by atoms with van der Waals surface area (Å²) < 4.78 is 68.0. The van der Waals surface area contributed by atoms with Crippen molar-refractivity contribution in [3.63, 3.8) is 0 Å². The summed E-state index contributed by atoms with van der Waals surface area (Å²) in [7, 11) is 0. The second-order valence-corrected chi connectivity index (χ2v) is 6.03. The molecule has 0 atom stereocenters. The van der Waals surface area contributed by atoms with Gasteiger partial charge in [0.1, 0.15) is 23.5 Å². The largest absolute Gasteiger partial charge is 0.417 e. The van der Waals surface area contributed by atoms with E-state index in [1.807, 2.05) is 0 Å². The highest BCUT2D eigenvalue weighted by Gasteiger charge is 2.33. The van der Waals surface area contributed by atoms with E-state index in [1.54, 1.807) is 0 Å². The lowest BCUT2D eigenvalue weighted by Crippen LogP contribution is -2.23. The number of nitrogens with zero attached hydrogens (tertiary/aromatic N) is 3. The van der Waals surface area contributed by atoms with E-state index in [9.17, 15) is 26.7 Å². The standard InChI is InChI=1S/C18H10ClF5N4O/c19-12-5-4-10(8-11(12)18(22,23)24)26-17(28-7-6-25-9-28)27-16(29)15-13(20)2-1-3-14(15)21/h1-9H,(H,26,27,29). The molecule has 1 aromatic heterocycles. The van der Waals surface area contributed by atoms with E-state index in [4.69, 9.17) is 11.6 Å². The Hall–Kier alpha value is -3.27. The van der Waals surface area contributed by atoms with Gasteiger partial charge in [-0.2, -0.15) is 18.2 Å². The molecule has 0 saturated carbocycles. The molecule has 0 spiro atoms. The number of carbonyl (C=O) groups excluding carboxylic acids is 1. The molecule has 0 aliphatic heterocycles. The number of amides is 1. The van der Waals surface area contributed by atoms with Gasteiger partial charge in [0.15, 0.2) is 0 Å². The Kier molecular flexibility index (Phi) is 5.64. The van der Waals surface area contributed by atoms with Crippen LogP contribution in [0.5, 0.6) is 0 Å². The van der Waals surface area contributed by atoms with Gasteiger partial charge in [0.2, 0.25) is 5.96 Å². The van der Waals surface area contributed by atoms with Gasteiger partial charge in [0.25, 0.3) is 5.91 Å². The van der Waals surface area contributed by atoms with Crippen LogP contribution in [0, 0.1) is 11.6 Å². The van der Waals surface area contributed by atoms with Crippen LogP contribution < -0.4 is 5.32 Å². The molecule has 2 aromatic carbocycles. The summed E-state index contributed by atoms with van der Waals surface area (Å²) in [5.74, 6) is -3.86. The fourth-order valence-electron chi connectivity index (χ4n) is 2.34. The van der Waals surface area contributed by atoms with Gasteiger partial charge in [-0.05, 0) is 30.3 Å². The van der Waals surface area contributed by atoms with Gasteiger partial charge in [0, 0.05) is 18.1 Å². The van der Waals surface area contributed by atoms with Crippen LogP contribution in [0.4, 0.5) is 27.6 Å². The third kappa shape index (κ3) is 4.60. The first-order valence-corrected chi connectivity index (χ1v) is 8.23. The van der Waals surface area contributed by atoms with Crippen molar-refractivity contribution < 1.29 is 26.7 Å². The van der Waals surface area contributed by atoms with E-state index in [-0.39, 0.29) is 11.6 Å². The maximum Gasteiger partial charge on any atom is 0.417 e. The van der Waals surface area contributed by atoms with E-state index in [0.717, 1.165) is 28.8 Å². The van der Waals surface area contributed by atoms with Crippen LogP contribution in [-0.4, -0.2) is 21.4 Å². The number of carbonyl (C=O) groups is 1. The summed E-state index contributed by atoms with van der Waals surface area (Å²) in [5.41, 5.74) is -2.13. The van der Waals surface area contributed by atoms with Gasteiger partial charge in [-0.3, -0.25) is 9.36 Å². The number of imidazole rings is 1. The molecule has 0 aliphatic rings. The molecule has 1 N–H and O–H groups in total. The maximum absolute atomic E-state index is 13.8. The first-order chi connectivity index (χ1) is 13.7. The molecule has 0 saturated heterocycles. The second kappa shape index (κ2) is 8.00. The lowest BCUT2D eigenvalue weighted by Gasteiger charge is -2.14.